The number of carbonyl (C=O) groups is 1. The zero-order chi connectivity index (χ0) is 27.9. The number of rotatable bonds is 6. The van der Waals surface area contributed by atoms with E-state index in [2.05, 4.69) is 25.9 Å². The van der Waals surface area contributed by atoms with E-state index < -0.39 is 12.1 Å². The van der Waals surface area contributed by atoms with E-state index in [1.165, 1.54) is 0 Å². The number of anilines is 1. The van der Waals surface area contributed by atoms with Crippen molar-refractivity contribution >= 4 is 33.7 Å². The molecule has 3 heterocycles. The number of alkyl halides is 3. The van der Waals surface area contributed by atoms with Crippen LogP contribution >= 0.6 is 0 Å². The lowest BCUT2D eigenvalue weighted by atomic mass is 10.2. The van der Waals surface area contributed by atoms with E-state index in [0.717, 1.165) is 57.8 Å². The van der Waals surface area contributed by atoms with Crippen LogP contribution in [-0.4, -0.2) is 81.3 Å². The number of aromatic amines is 2. The van der Waals surface area contributed by atoms with E-state index in [1.807, 2.05) is 52.7 Å². The first kappa shape index (κ1) is 25.7. The molecule has 4 N–H and O–H groups in total. The fourth-order valence-corrected chi connectivity index (χ4v) is 4.90. The van der Waals surface area contributed by atoms with Gasteiger partial charge in [0.2, 0.25) is 0 Å². The molecular weight excluding hydrogens is 523 g/mol. The van der Waals surface area contributed by atoms with Crippen molar-refractivity contribution in [1.82, 2.24) is 30.2 Å². The van der Waals surface area contributed by atoms with Crippen LogP contribution in [-0.2, 0) is 4.79 Å². The van der Waals surface area contributed by atoms with Crippen molar-refractivity contribution in [3.63, 3.8) is 0 Å². The van der Waals surface area contributed by atoms with E-state index in [4.69, 9.17) is 4.98 Å². The summed E-state index contributed by atoms with van der Waals surface area (Å²) >= 11 is 0. The Hall–Kier alpha value is -4.58. The number of carbonyl (C=O) groups excluding carboxylic acids is 1. The van der Waals surface area contributed by atoms with Crippen LogP contribution in [0.25, 0.3) is 44.8 Å². The lowest BCUT2D eigenvalue weighted by Gasteiger charge is -2.36. The molecule has 206 valence electrons. The van der Waals surface area contributed by atoms with Crippen LogP contribution in [0.5, 0.6) is 5.75 Å². The Morgan fingerprint density at radius 2 is 1.45 bits per heavy atom. The van der Waals surface area contributed by atoms with Crippen LogP contribution < -0.4 is 10.2 Å². The van der Waals surface area contributed by atoms with Gasteiger partial charge in [-0.3, -0.25) is 9.69 Å². The fraction of sp³-hybridized carbons (Fsp3) is 0.250. The Balaban J connectivity index is 1.12. The molecule has 0 bridgehead atoms. The number of halogens is 3. The highest BCUT2D eigenvalue weighted by molar-refractivity contribution is 5.87. The highest BCUT2D eigenvalue weighted by Crippen LogP contribution is 2.28. The number of benzene rings is 3. The van der Waals surface area contributed by atoms with Crippen molar-refractivity contribution < 1.29 is 23.1 Å². The van der Waals surface area contributed by atoms with Gasteiger partial charge in [0.15, 0.2) is 0 Å². The maximum atomic E-state index is 12.3. The summed E-state index contributed by atoms with van der Waals surface area (Å²) in [6, 6.07) is 18.8. The summed E-state index contributed by atoms with van der Waals surface area (Å²) in [4.78, 5) is 31.4. The number of hydrogen-bond acceptors (Lipinski definition) is 6. The first-order valence-electron chi connectivity index (χ1n) is 12.8. The molecule has 0 atom stereocenters. The van der Waals surface area contributed by atoms with Crippen LogP contribution in [0.3, 0.4) is 0 Å². The number of hydrogen-bond donors (Lipinski definition) is 4. The number of phenolic OH excluding ortho intramolecular Hbond substituents is 1. The van der Waals surface area contributed by atoms with Gasteiger partial charge >= 0.3 is 12.1 Å². The van der Waals surface area contributed by atoms with Crippen molar-refractivity contribution in [2.75, 3.05) is 44.2 Å². The maximum absolute atomic E-state index is 12.3. The van der Waals surface area contributed by atoms with E-state index in [1.54, 1.807) is 12.1 Å². The number of nitrogens with zero attached hydrogens (tertiary/aromatic N) is 4. The van der Waals surface area contributed by atoms with Gasteiger partial charge in [-0.2, -0.15) is 13.2 Å². The van der Waals surface area contributed by atoms with Gasteiger partial charge in [-0.1, -0.05) is 0 Å². The Morgan fingerprint density at radius 1 is 0.850 bits per heavy atom. The summed E-state index contributed by atoms with van der Waals surface area (Å²) in [5, 5.41) is 11.5. The lowest BCUT2D eigenvalue weighted by molar-refractivity contribution is -0.173. The summed E-state index contributed by atoms with van der Waals surface area (Å²) in [5.74, 6) is -0.248. The summed E-state index contributed by atoms with van der Waals surface area (Å²) in [5.41, 5.74) is 6.27. The zero-order valence-electron chi connectivity index (χ0n) is 21.3. The second-order valence-electron chi connectivity index (χ2n) is 9.73. The summed E-state index contributed by atoms with van der Waals surface area (Å²) in [6.07, 6.45) is -4.85. The van der Waals surface area contributed by atoms with Crippen LogP contribution in [0.4, 0.5) is 18.9 Å². The molecule has 0 unspecified atom stereocenters. The van der Waals surface area contributed by atoms with Crippen LogP contribution in [0, 0.1) is 0 Å². The topological polar surface area (TPSA) is 113 Å². The molecule has 1 saturated heterocycles. The highest BCUT2D eigenvalue weighted by atomic mass is 19.4. The predicted molar refractivity (Wildman–Crippen MR) is 146 cm³/mol. The number of amides is 1. The molecule has 0 spiro atoms. The smallest absolute Gasteiger partial charge is 0.471 e. The van der Waals surface area contributed by atoms with Gasteiger partial charge < -0.3 is 25.3 Å². The molecule has 3 aromatic carbocycles. The van der Waals surface area contributed by atoms with Gasteiger partial charge in [0.1, 0.15) is 17.4 Å². The minimum Gasteiger partial charge on any atom is -0.508 e. The molecule has 0 aliphatic carbocycles. The molecule has 0 radical (unpaired) electrons. The number of phenols is 1. The standard InChI is InChI=1S/C28H26F3N7O2/c29-28(30,31)27(40)32-9-10-37-11-13-38(14-12-37)19-4-8-22-24(16-19)36-26(34-22)18-3-7-21-23(15-18)35-25(33-21)17-1-5-20(39)6-2-17/h1-8,15-16,39H,9-14H2,(H,32,40)(H,33,35)(H,34,36). The first-order chi connectivity index (χ1) is 19.2. The third-order valence-corrected chi connectivity index (χ3v) is 7.07. The largest absolute Gasteiger partial charge is 0.508 e. The Labute approximate surface area is 226 Å². The molecule has 12 heteroatoms. The molecule has 1 aliphatic rings. The molecule has 6 rings (SSSR count). The number of nitrogens with one attached hydrogen (secondary N) is 3. The van der Waals surface area contributed by atoms with Crippen molar-refractivity contribution in [2.24, 2.45) is 0 Å². The second kappa shape index (κ2) is 10.2. The molecule has 2 aromatic heterocycles. The third-order valence-electron chi connectivity index (χ3n) is 7.07. The average Bonchev–Trinajstić information content (AvgIpc) is 3.57. The summed E-state index contributed by atoms with van der Waals surface area (Å²) < 4.78 is 37.0. The fourth-order valence-electron chi connectivity index (χ4n) is 4.90. The Bertz CT molecular complexity index is 1670. The van der Waals surface area contributed by atoms with E-state index in [9.17, 15) is 23.1 Å². The molecule has 0 saturated carbocycles. The lowest BCUT2D eigenvalue weighted by Crippen LogP contribution is -2.49. The molecule has 1 aliphatic heterocycles. The van der Waals surface area contributed by atoms with Gasteiger partial charge in [-0.05, 0) is 60.7 Å². The molecule has 1 amide bonds. The normalized spacial score (nSPS) is 14.7. The molecule has 9 nitrogen and oxygen atoms in total. The third kappa shape index (κ3) is 5.30. The first-order valence-corrected chi connectivity index (χ1v) is 12.8. The van der Waals surface area contributed by atoms with Crippen molar-refractivity contribution in [3.05, 3.63) is 60.7 Å². The minimum absolute atomic E-state index is 0.0380. The van der Waals surface area contributed by atoms with Crippen LogP contribution in [0.15, 0.2) is 60.7 Å². The number of H-pyrrole nitrogens is 2. The van der Waals surface area contributed by atoms with E-state index in [0.29, 0.717) is 25.5 Å². The SMILES string of the molecule is O=C(NCCN1CCN(c2ccc3nc(-c4ccc5nc(-c6ccc(O)cc6)[nH]c5c4)[nH]c3c2)CC1)C(F)(F)F. The molecule has 40 heavy (non-hydrogen) atoms. The van der Waals surface area contributed by atoms with Gasteiger partial charge in [0.05, 0.1) is 22.1 Å². The van der Waals surface area contributed by atoms with Crippen LogP contribution in [0.1, 0.15) is 0 Å². The second-order valence-corrected chi connectivity index (χ2v) is 9.73. The van der Waals surface area contributed by atoms with Gasteiger partial charge in [-0.15, -0.1) is 0 Å². The van der Waals surface area contributed by atoms with Gasteiger partial charge in [0.25, 0.3) is 0 Å². The number of aromatic hydroxyl groups is 1. The number of fused-ring (bicyclic) bond motifs is 2. The maximum Gasteiger partial charge on any atom is 0.471 e. The number of piperazine rings is 1. The average molecular weight is 550 g/mol. The Kier molecular flexibility index (Phi) is 6.54. The summed E-state index contributed by atoms with van der Waals surface area (Å²) in [6.45, 7) is 3.15. The predicted octanol–water partition coefficient (Wildman–Crippen LogP) is 4.28. The van der Waals surface area contributed by atoms with Crippen LogP contribution in [0.2, 0.25) is 0 Å². The van der Waals surface area contributed by atoms with Crippen molar-refractivity contribution in [3.8, 4) is 28.5 Å². The van der Waals surface area contributed by atoms with Gasteiger partial charge in [-0.25, -0.2) is 9.97 Å². The zero-order valence-corrected chi connectivity index (χ0v) is 21.3. The molecule has 1 fully saturated rings. The number of aromatic nitrogens is 4. The quantitative estimate of drug-likeness (QED) is 0.252. The minimum atomic E-state index is -4.85. The highest BCUT2D eigenvalue weighted by Gasteiger charge is 2.38. The van der Waals surface area contributed by atoms with E-state index >= 15 is 0 Å². The van der Waals surface area contributed by atoms with Crippen molar-refractivity contribution in [1.29, 1.82) is 0 Å². The molecular formula is C28H26F3N7O2. The van der Waals surface area contributed by atoms with Crippen molar-refractivity contribution in [2.45, 2.75) is 6.18 Å². The van der Waals surface area contributed by atoms with Gasteiger partial charge in [0, 0.05) is 56.1 Å². The number of imidazole rings is 2. The van der Waals surface area contributed by atoms with E-state index in [-0.39, 0.29) is 12.3 Å². The monoisotopic (exact) mass is 549 g/mol. The molecule has 5 aromatic rings. The summed E-state index contributed by atoms with van der Waals surface area (Å²) in [7, 11) is 0. The Morgan fingerprint density at radius 3 is 2.12 bits per heavy atom.